The largest absolute Gasteiger partial charge is 0.493 e. The standard InChI is InChI=1S/C21H23NO6/c1-5-27-18-11-8-16(12-19(18)26-4)21(25)28-14(3)20(24)22-17-9-6-15(7-10-17)13(2)23/h6-12,14H,5H2,1-4H3,(H,22,24)/t14-/m0/s1. The smallest absolute Gasteiger partial charge is 0.339 e. The quantitative estimate of drug-likeness (QED) is 0.553. The fourth-order valence-corrected chi connectivity index (χ4v) is 2.38. The first-order chi connectivity index (χ1) is 13.3. The number of carbonyl (C=O) groups is 3. The van der Waals surface area contributed by atoms with Crippen LogP contribution in [0, 0.1) is 0 Å². The van der Waals surface area contributed by atoms with Crippen LogP contribution < -0.4 is 14.8 Å². The lowest BCUT2D eigenvalue weighted by molar-refractivity contribution is -0.123. The van der Waals surface area contributed by atoms with Gasteiger partial charge < -0.3 is 19.5 Å². The van der Waals surface area contributed by atoms with E-state index in [1.807, 2.05) is 6.92 Å². The Bertz CT molecular complexity index is 860. The Morgan fingerprint density at radius 2 is 1.64 bits per heavy atom. The Morgan fingerprint density at radius 1 is 1.00 bits per heavy atom. The minimum absolute atomic E-state index is 0.0639. The van der Waals surface area contributed by atoms with Crippen molar-refractivity contribution in [3.8, 4) is 11.5 Å². The number of Topliss-reactive ketones (excluding diaryl/α,β-unsaturated/α-hetero) is 1. The van der Waals surface area contributed by atoms with Gasteiger partial charge in [-0.25, -0.2) is 4.79 Å². The number of esters is 1. The molecule has 0 spiro atoms. The zero-order chi connectivity index (χ0) is 20.7. The van der Waals surface area contributed by atoms with Crippen LogP contribution in [0.25, 0.3) is 0 Å². The molecular formula is C21H23NO6. The van der Waals surface area contributed by atoms with E-state index in [0.29, 0.717) is 29.4 Å². The number of hydrogen-bond donors (Lipinski definition) is 1. The minimum Gasteiger partial charge on any atom is -0.493 e. The first-order valence-corrected chi connectivity index (χ1v) is 8.79. The van der Waals surface area contributed by atoms with Gasteiger partial charge in [-0.2, -0.15) is 0 Å². The van der Waals surface area contributed by atoms with E-state index in [4.69, 9.17) is 14.2 Å². The molecule has 1 N–H and O–H groups in total. The lowest BCUT2D eigenvalue weighted by Gasteiger charge is -2.15. The molecule has 0 aliphatic heterocycles. The van der Waals surface area contributed by atoms with Crippen molar-refractivity contribution in [3.63, 3.8) is 0 Å². The number of amides is 1. The fraction of sp³-hybridized carbons (Fsp3) is 0.286. The maximum Gasteiger partial charge on any atom is 0.339 e. The number of rotatable bonds is 8. The van der Waals surface area contributed by atoms with E-state index in [-0.39, 0.29) is 11.3 Å². The van der Waals surface area contributed by atoms with Crippen molar-refractivity contribution in [1.29, 1.82) is 0 Å². The van der Waals surface area contributed by atoms with Crippen molar-refractivity contribution in [2.24, 2.45) is 0 Å². The van der Waals surface area contributed by atoms with Gasteiger partial charge in [0.25, 0.3) is 5.91 Å². The van der Waals surface area contributed by atoms with Gasteiger partial charge in [-0.15, -0.1) is 0 Å². The van der Waals surface area contributed by atoms with Crippen LogP contribution in [0.4, 0.5) is 5.69 Å². The topological polar surface area (TPSA) is 90.9 Å². The summed E-state index contributed by atoms with van der Waals surface area (Å²) in [7, 11) is 1.47. The van der Waals surface area contributed by atoms with Gasteiger partial charge in [-0.3, -0.25) is 9.59 Å². The summed E-state index contributed by atoms with van der Waals surface area (Å²) in [4.78, 5) is 35.9. The summed E-state index contributed by atoms with van der Waals surface area (Å²) >= 11 is 0. The summed E-state index contributed by atoms with van der Waals surface area (Å²) in [5, 5.41) is 2.64. The van der Waals surface area contributed by atoms with Crippen LogP contribution in [0.15, 0.2) is 42.5 Å². The molecule has 2 rings (SSSR count). The third-order valence-electron chi connectivity index (χ3n) is 3.91. The molecule has 28 heavy (non-hydrogen) atoms. The Kier molecular flexibility index (Phi) is 7.14. The predicted octanol–water partition coefficient (Wildman–Crippen LogP) is 3.48. The summed E-state index contributed by atoms with van der Waals surface area (Å²) in [6.07, 6.45) is -1.02. The number of methoxy groups -OCH3 is 1. The van der Waals surface area contributed by atoms with Crippen LogP contribution in [0.2, 0.25) is 0 Å². The fourth-order valence-electron chi connectivity index (χ4n) is 2.38. The molecule has 0 aromatic heterocycles. The summed E-state index contributed by atoms with van der Waals surface area (Å²) in [5.41, 5.74) is 1.29. The summed E-state index contributed by atoms with van der Waals surface area (Å²) in [5.74, 6) is -0.288. The van der Waals surface area contributed by atoms with Crippen LogP contribution in [0.3, 0.4) is 0 Å². The molecule has 7 heteroatoms. The Labute approximate surface area is 163 Å². The summed E-state index contributed by atoms with van der Waals surface area (Å²) in [6, 6.07) is 11.1. The zero-order valence-corrected chi connectivity index (χ0v) is 16.3. The highest BCUT2D eigenvalue weighted by atomic mass is 16.5. The molecule has 0 bridgehead atoms. The number of nitrogens with one attached hydrogen (secondary N) is 1. The number of benzene rings is 2. The third-order valence-corrected chi connectivity index (χ3v) is 3.91. The van der Waals surface area contributed by atoms with Crippen molar-refractivity contribution in [2.75, 3.05) is 19.0 Å². The molecule has 0 aliphatic carbocycles. The lowest BCUT2D eigenvalue weighted by Crippen LogP contribution is -2.30. The molecule has 0 radical (unpaired) electrons. The Morgan fingerprint density at radius 3 is 2.21 bits per heavy atom. The van der Waals surface area contributed by atoms with Gasteiger partial charge in [0.15, 0.2) is 23.4 Å². The Hall–Kier alpha value is -3.35. The highest BCUT2D eigenvalue weighted by Gasteiger charge is 2.20. The van der Waals surface area contributed by atoms with Gasteiger partial charge in [0, 0.05) is 11.3 Å². The van der Waals surface area contributed by atoms with E-state index in [9.17, 15) is 14.4 Å². The van der Waals surface area contributed by atoms with Crippen molar-refractivity contribution in [3.05, 3.63) is 53.6 Å². The van der Waals surface area contributed by atoms with Gasteiger partial charge in [0.1, 0.15) is 0 Å². The van der Waals surface area contributed by atoms with E-state index in [0.717, 1.165) is 0 Å². The SMILES string of the molecule is CCOc1ccc(C(=O)O[C@@H](C)C(=O)Nc2ccc(C(C)=O)cc2)cc1OC. The van der Waals surface area contributed by atoms with Gasteiger partial charge in [-0.1, -0.05) is 0 Å². The third kappa shape index (κ3) is 5.33. The molecule has 0 unspecified atom stereocenters. The first kappa shape index (κ1) is 21.0. The molecule has 0 fully saturated rings. The minimum atomic E-state index is -1.02. The van der Waals surface area contributed by atoms with Gasteiger partial charge in [0.05, 0.1) is 19.3 Å². The van der Waals surface area contributed by atoms with E-state index < -0.39 is 18.0 Å². The molecule has 2 aromatic carbocycles. The molecule has 0 heterocycles. The summed E-state index contributed by atoms with van der Waals surface area (Å²) in [6.45, 7) is 5.24. The maximum atomic E-state index is 12.3. The van der Waals surface area contributed by atoms with Crippen molar-refractivity contribution in [2.45, 2.75) is 26.9 Å². The maximum absolute atomic E-state index is 12.3. The first-order valence-electron chi connectivity index (χ1n) is 8.79. The molecule has 1 atom stereocenters. The van der Waals surface area contributed by atoms with Crippen LogP contribution >= 0.6 is 0 Å². The molecule has 0 saturated carbocycles. The lowest BCUT2D eigenvalue weighted by atomic mass is 10.1. The van der Waals surface area contributed by atoms with Crippen molar-refractivity contribution >= 4 is 23.3 Å². The molecule has 0 aliphatic rings. The molecule has 2 aromatic rings. The van der Waals surface area contributed by atoms with E-state index in [1.165, 1.54) is 27.0 Å². The highest BCUT2D eigenvalue weighted by molar-refractivity contribution is 5.98. The van der Waals surface area contributed by atoms with Crippen LogP contribution in [-0.2, 0) is 9.53 Å². The summed E-state index contributed by atoms with van der Waals surface area (Å²) < 4.78 is 15.8. The predicted molar refractivity (Wildman–Crippen MR) is 104 cm³/mol. The number of anilines is 1. The normalized spacial score (nSPS) is 11.3. The molecule has 7 nitrogen and oxygen atoms in total. The van der Waals surface area contributed by atoms with Crippen LogP contribution in [-0.4, -0.2) is 37.5 Å². The monoisotopic (exact) mass is 385 g/mol. The van der Waals surface area contributed by atoms with Crippen molar-refractivity contribution < 1.29 is 28.6 Å². The second-order valence-electron chi connectivity index (χ2n) is 5.97. The van der Waals surface area contributed by atoms with Crippen LogP contribution in [0.1, 0.15) is 41.5 Å². The van der Waals surface area contributed by atoms with E-state index in [2.05, 4.69) is 5.32 Å². The van der Waals surface area contributed by atoms with E-state index >= 15 is 0 Å². The average molecular weight is 385 g/mol. The molecular weight excluding hydrogens is 362 g/mol. The van der Waals surface area contributed by atoms with Gasteiger partial charge >= 0.3 is 5.97 Å². The van der Waals surface area contributed by atoms with Crippen LogP contribution in [0.5, 0.6) is 11.5 Å². The second-order valence-corrected chi connectivity index (χ2v) is 5.97. The Balaban J connectivity index is 2.01. The van der Waals surface area contributed by atoms with Gasteiger partial charge in [0.2, 0.25) is 0 Å². The van der Waals surface area contributed by atoms with Crippen molar-refractivity contribution in [1.82, 2.24) is 0 Å². The molecule has 0 saturated heterocycles. The highest BCUT2D eigenvalue weighted by Crippen LogP contribution is 2.28. The van der Waals surface area contributed by atoms with Gasteiger partial charge in [-0.05, 0) is 63.2 Å². The molecule has 1 amide bonds. The number of ether oxygens (including phenoxy) is 3. The second kappa shape index (κ2) is 9.55. The number of ketones is 1. The number of carbonyl (C=O) groups excluding carboxylic acids is 3. The average Bonchev–Trinajstić information content (AvgIpc) is 2.68. The van der Waals surface area contributed by atoms with E-state index in [1.54, 1.807) is 36.4 Å². The number of hydrogen-bond acceptors (Lipinski definition) is 6. The zero-order valence-electron chi connectivity index (χ0n) is 16.3. The molecule has 148 valence electrons.